The van der Waals surface area contributed by atoms with Gasteiger partial charge in [0.15, 0.2) is 0 Å². The van der Waals surface area contributed by atoms with E-state index in [1.165, 1.54) is 24.3 Å². The Morgan fingerprint density at radius 1 is 1.29 bits per heavy atom. The number of halogens is 1. The van der Waals surface area contributed by atoms with Crippen LogP contribution in [0.15, 0.2) is 40.9 Å². The molecule has 0 aromatic heterocycles. The molecule has 0 amide bonds. The summed E-state index contributed by atoms with van der Waals surface area (Å²) >= 11 is 3.20. The fourth-order valence-electron chi connectivity index (χ4n) is 1.76. The Labute approximate surface area is 128 Å². The van der Waals surface area contributed by atoms with Gasteiger partial charge < -0.3 is 9.84 Å². The van der Waals surface area contributed by atoms with Crippen LogP contribution in [0.2, 0.25) is 0 Å². The number of nitro benzene ring substituents is 1. The number of non-ortho nitro benzene ring substituents is 1. The molecule has 0 atom stereocenters. The van der Waals surface area contributed by atoms with Gasteiger partial charge in [-0.1, -0.05) is 6.07 Å². The third kappa shape index (κ3) is 3.19. The van der Waals surface area contributed by atoms with Crippen LogP contribution in [0.5, 0.6) is 11.5 Å². The summed E-state index contributed by atoms with van der Waals surface area (Å²) in [4.78, 5) is 21.2. The monoisotopic (exact) mass is 351 g/mol. The smallest absolute Gasteiger partial charge is 0.336 e. The number of hydrogen-bond acceptors (Lipinski definition) is 4. The Bertz CT molecular complexity index is 729. The van der Waals surface area contributed by atoms with Crippen molar-refractivity contribution in [2.45, 2.75) is 6.92 Å². The van der Waals surface area contributed by atoms with Crippen molar-refractivity contribution < 1.29 is 19.6 Å². The van der Waals surface area contributed by atoms with Gasteiger partial charge in [-0.3, -0.25) is 10.1 Å². The molecule has 108 valence electrons. The second-order valence-corrected chi connectivity index (χ2v) is 5.06. The lowest BCUT2D eigenvalue weighted by Gasteiger charge is -2.11. The number of benzene rings is 2. The van der Waals surface area contributed by atoms with E-state index in [0.29, 0.717) is 21.5 Å². The summed E-state index contributed by atoms with van der Waals surface area (Å²) < 4.78 is 6.05. The van der Waals surface area contributed by atoms with Crippen LogP contribution < -0.4 is 4.74 Å². The van der Waals surface area contributed by atoms with Crippen LogP contribution in [0.25, 0.3) is 0 Å². The minimum atomic E-state index is -1.04. The lowest BCUT2D eigenvalue weighted by atomic mass is 10.1. The normalized spacial score (nSPS) is 10.2. The molecular formula is C14H10BrNO5. The van der Waals surface area contributed by atoms with Gasteiger partial charge in [-0.15, -0.1) is 0 Å². The molecule has 0 aliphatic heterocycles. The molecule has 1 N–H and O–H groups in total. The van der Waals surface area contributed by atoms with Gasteiger partial charge in [0.2, 0.25) is 0 Å². The predicted molar refractivity (Wildman–Crippen MR) is 79.0 cm³/mol. The molecule has 0 saturated heterocycles. The average molecular weight is 352 g/mol. The molecule has 21 heavy (non-hydrogen) atoms. The summed E-state index contributed by atoms with van der Waals surface area (Å²) in [6.45, 7) is 1.64. The first-order valence-electron chi connectivity index (χ1n) is 5.85. The number of nitro groups is 1. The zero-order valence-corrected chi connectivity index (χ0v) is 12.5. The Morgan fingerprint density at radius 2 is 2.00 bits per heavy atom. The standard InChI is InChI=1S/C14H10BrNO5/c1-8-10(14(17)18)3-2-4-12(8)21-13-6-5-9(16(19)20)7-11(13)15/h2-7H,1H3,(H,17,18). The number of carboxylic acid groups (broad SMARTS) is 1. The molecule has 0 unspecified atom stereocenters. The molecule has 6 nitrogen and oxygen atoms in total. The molecule has 0 bridgehead atoms. The highest BCUT2D eigenvalue weighted by atomic mass is 79.9. The van der Waals surface area contributed by atoms with Crippen molar-refractivity contribution in [3.63, 3.8) is 0 Å². The van der Waals surface area contributed by atoms with Gasteiger partial charge in [0.1, 0.15) is 11.5 Å². The van der Waals surface area contributed by atoms with Crippen molar-refractivity contribution in [3.8, 4) is 11.5 Å². The molecule has 0 saturated carbocycles. The Balaban J connectivity index is 2.37. The number of carbonyl (C=O) groups is 1. The van der Waals surface area contributed by atoms with Crippen LogP contribution in [0.3, 0.4) is 0 Å². The minimum Gasteiger partial charge on any atom is -0.478 e. The summed E-state index contributed by atoms with van der Waals surface area (Å²) in [5.41, 5.74) is 0.561. The van der Waals surface area contributed by atoms with Crippen LogP contribution in [0, 0.1) is 17.0 Å². The number of rotatable bonds is 4. The summed E-state index contributed by atoms with van der Waals surface area (Å²) in [5, 5.41) is 19.7. The van der Waals surface area contributed by atoms with E-state index < -0.39 is 10.9 Å². The lowest BCUT2D eigenvalue weighted by Crippen LogP contribution is -2.01. The molecule has 2 rings (SSSR count). The maximum Gasteiger partial charge on any atom is 0.336 e. The van der Waals surface area contributed by atoms with Crippen LogP contribution >= 0.6 is 15.9 Å². The number of ether oxygens (including phenoxy) is 1. The van der Waals surface area contributed by atoms with Gasteiger partial charge >= 0.3 is 5.97 Å². The fraction of sp³-hybridized carbons (Fsp3) is 0.0714. The van der Waals surface area contributed by atoms with Crippen molar-refractivity contribution in [3.05, 3.63) is 62.1 Å². The number of nitrogens with zero attached hydrogens (tertiary/aromatic N) is 1. The van der Waals surface area contributed by atoms with E-state index in [1.54, 1.807) is 19.1 Å². The van der Waals surface area contributed by atoms with E-state index in [1.807, 2.05) is 0 Å². The third-order valence-corrected chi connectivity index (χ3v) is 3.48. The molecule has 0 radical (unpaired) electrons. The number of carboxylic acids is 1. The highest BCUT2D eigenvalue weighted by Gasteiger charge is 2.14. The number of hydrogen-bond donors (Lipinski definition) is 1. The Kier molecular flexibility index (Phi) is 4.23. The number of aromatic carboxylic acids is 1. The van der Waals surface area contributed by atoms with Crippen molar-refractivity contribution in [1.82, 2.24) is 0 Å². The van der Waals surface area contributed by atoms with E-state index >= 15 is 0 Å². The zero-order chi connectivity index (χ0) is 15.6. The second kappa shape index (κ2) is 5.92. The SMILES string of the molecule is Cc1c(Oc2ccc([N+](=O)[O-])cc2Br)cccc1C(=O)O. The van der Waals surface area contributed by atoms with Gasteiger partial charge in [-0.2, -0.15) is 0 Å². The molecule has 0 aliphatic rings. The minimum absolute atomic E-state index is 0.0646. The van der Waals surface area contributed by atoms with Gasteiger partial charge in [0.25, 0.3) is 5.69 Å². The first-order valence-corrected chi connectivity index (χ1v) is 6.64. The summed E-state index contributed by atoms with van der Waals surface area (Å²) in [6, 6.07) is 8.79. The lowest BCUT2D eigenvalue weighted by molar-refractivity contribution is -0.384. The van der Waals surface area contributed by atoms with Gasteiger partial charge in [0.05, 0.1) is 15.0 Å². The maximum atomic E-state index is 11.1. The quantitative estimate of drug-likeness (QED) is 0.659. The predicted octanol–water partition coefficient (Wildman–Crippen LogP) is 4.16. The van der Waals surface area contributed by atoms with Crippen LogP contribution in [0.4, 0.5) is 5.69 Å². The van der Waals surface area contributed by atoms with E-state index in [-0.39, 0.29) is 11.3 Å². The average Bonchev–Trinajstić information content (AvgIpc) is 2.42. The van der Waals surface area contributed by atoms with E-state index in [2.05, 4.69) is 15.9 Å². The molecule has 0 heterocycles. The topological polar surface area (TPSA) is 89.7 Å². The summed E-state index contributed by atoms with van der Waals surface area (Å²) in [5.74, 6) is -0.295. The zero-order valence-electron chi connectivity index (χ0n) is 10.9. The molecule has 2 aromatic rings. The van der Waals surface area contributed by atoms with Crippen LogP contribution in [-0.2, 0) is 0 Å². The molecule has 0 spiro atoms. The van der Waals surface area contributed by atoms with Gasteiger partial charge in [-0.25, -0.2) is 4.79 Å². The first-order chi connectivity index (χ1) is 9.90. The van der Waals surface area contributed by atoms with Crippen molar-refractivity contribution in [1.29, 1.82) is 0 Å². The van der Waals surface area contributed by atoms with Crippen molar-refractivity contribution in [2.75, 3.05) is 0 Å². The van der Waals surface area contributed by atoms with Crippen LogP contribution in [0.1, 0.15) is 15.9 Å². The largest absolute Gasteiger partial charge is 0.478 e. The summed E-state index contributed by atoms with van der Waals surface area (Å²) in [6.07, 6.45) is 0. The molecule has 2 aromatic carbocycles. The molecule has 0 fully saturated rings. The Hall–Kier alpha value is -2.41. The van der Waals surface area contributed by atoms with E-state index in [9.17, 15) is 14.9 Å². The second-order valence-electron chi connectivity index (χ2n) is 4.21. The molecular weight excluding hydrogens is 342 g/mol. The highest BCUT2D eigenvalue weighted by Crippen LogP contribution is 2.34. The molecule has 0 aliphatic carbocycles. The van der Waals surface area contributed by atoms with Crippen LogP contribution in [-0.4, -0.2) is 16.0 Å². The van der Waals surface area contributed by atoms with E-state index in [0.717, 1.165) is 0 Å². The first kappa shape index (κ1) is 15.0. The Morgan fingerprint density at radius 3 is 2.57 bits per heavy atom. The van der Waals surface area contributed by atoms with Gasteiger partial charge in [0, 0.05) is 17.7 Å². The van der Waals surface area contributed by atoms with Crippen molar-refractivity contribution in [2.24, 2.45) is 0 Å². The maximum absolute atomic E-state index is 11.1. The highest BCUT2D eigenvalue weighted by molar-refractivity contribution is 9.10. The summed E-state index contributed by atoms with van der Waals surface area (Å²) in [7, 11) is 0. The third-order valence-electron chi connectivity index (χ3n) is 2.86. The van der Waals surface area contributed by atoms with Gasteiger partial charge in [-0.05, 0) is 41.1 Å². The van der Waals surface area contributed by atoms with Crippen molar-refractivity contribution >= 4 is 27.6 Å². The van der Waals surface area contributed by atoms with E-state index in [4.69, 9.17) is 9.84 Å². The molecule has 7 heteroatoms. The fourth-order valence-corrected chi connectivity index (χ4v) is 2.21.